The lowest BCUT2D eigenvalue weighted by molar-refractivity contribution is -0.140. The van der Waals surface area contributed by atoms with Crippen LogP contribution in [0.25, 0.3) is 10.6 Å². The van der Waals surface area contributed by atoms with Gasteiger partial charge in [-0.15, -0.1) is 24.5 Å². The van der Waals surface area contributed by atoms with Gasteiger partial charge in [-0.25, -0.2) is 18.2 Å². The number of unbranched alkanes of at least 4 members (excludes halogenated alkanes) is 2. The van der Waals surface area contributed by atoms with Gasteiger partial charge in [0.1, 0.15) is 16.7 Å². The summed E-state index contributed by atoms with van der Waals surface area (Å²) >= 11 is 1.46. The van der Waals surface area contributed by atoms with Gasteiger partial charge in [0.25, 0.3) is 5.91 Å². The van der Waals surface area contributed by atoms with Crippen LogP contribution in [-0.4, -0.2) is 72.6 Å². The molecule has 0 spiro atoms. The van der Waals surface area contributed by atoms with E-state index in [0.29, 0.717) is 25.1 Å². The number of rotatable bonds is 15. The van der Waals surface area contributed by atoms with Crippen LogP contribution in [0, 0.1) is 31.6 Å². The molecular formula is C35H45N5O7S2. The van der Waals surface area contributed by atoms with Crippen LogP contribution in [0.5, 0.6) is 0 Å². The van der Waals surface area contributed by atoms with E-state index in [9.17, 15) is 27.6 Å². The maximum atomic E-state index is 14.0. The number of aryl methyl sites for hydroxylation is 2. The Kier molecular flexibility index (Phi) is 11.0. The monoisotopic (exact) mass is 711 g/mol. The second-order valence-electron chi connectivity index (χ2n) is 13.4. The van der Waals surface area contributed by atoms with Gasteiger partial charge in [-0.05, 0) is 82.9 Å². The number of sulfonamides is 1. The number of benzene rings is 1. The number of aromatic nitrogens is 1. The third-order valence-electron chi connectivity index (χ3n) is 9.49. The van der Waals surface area contributed by atoms with Crippen LogP contribution >= 0.6 is 11.3 Å². The molecule has 3 fully saturated rings. The summed E-state index contributed by atoms with van der Waals surface area (Å²) in [4.78, 5) is 60.5. The van der Waals surface area contributed by atoms with Crippen LogP contribution < -0.4 is 15.4 Å². The highest BCUT2D eigenvalue weighted by molar-refractivity contribution is 7.91. The van der Waals surface area contributed by atoms with Crippen molar-refractivity contribution in [2.24, 2.45) is 17.8 Å². The summed E-state index contributed by atoms with van der Waals surface area (Å²) in [7, 11) is -2.18. The fourth-order valence-electron chi connectivity index (χ4n) is 6.43. The minimum atomic E-state index is -3.85. The van der Waals surface area contributed by atoms with Crippen molar-refractivity contribution in [2.45, 2.75) is 82.1 Å². The van der Waals surface area contributed by atoms with Gasteiger partial charge in [-0.2, -0.15) is 0 Å². The van der Waals surface area contributed by atoms with Crippen LogP contribution in [0.2, 0.25) is 0 Å². The Morgan fingerprint density at radius 3 is 2.49 bits per heavy atom. The molecule has 5 atom stereocenters. The Hall–Kier alpha value is -4.04. The van der Waals surface area contributed by atoms with Crippen molar-refractivity contribution >= 4 is 50.9 Å². The second kappa shape index (κ2) is 14.8. The molecule has 3 saturated carbocycles. The van der Waals surface area contributed by atoms with Crippen molar-refractivity contribution in [2.75, 3.05) is 18.9 Å². The largest absolute Gasteiger partial charge is 0.446 e. The van der Waals surface area contributed by atoms with Crippen molar-refractivity contribution in [1.29, 1.82) is 0 Å². The van der Waals surface area contributed by atoms with E-state index in [0.717, 1.165) is 41.1 Å². The summed E-state index contributed by atoms with van der Waals surface area (Å²) in [5.74, 6) is -3.88. The third kappa shape index (κ3) is 8.41. The fourth-order valence-corrected chi connectivity index (χ4v) is 8.63. The third-order valence-corrected chi connectivity index (χ3v) is 12.3. The number of amides is 4. The minimum absolute atomic E-state index is 0.0448. The lowest BCUT2D eigenvalue weighted by Crippen LogP contribution is -2.54. The maximum Gasteiger partial charge on any atom is 0.411 e. The van der Waals surface area contributed by atoms with Gasteiger partial charge in [-0.3, -0.25) is 24.4 Å². The number of thiazole rings is 1. The van der Waals surface area contributed by atoms with E-state index < -0.39 is 62.6 Å². The maximum absolute atomic E-state index is 14.0. The average Bonchev–Trinajstić information content (AvgIpc) is 3.95. The molecule has 1 aromatic heterocycles. The zero-order valence-corrected chi connectivity index (χ0v) is 29.8. The van der Waals surface area contributed by atoms with Gasteiger partial charge in [0, 0.05) is 36.1 Å². The van der Waals surface area contributed by atoms with Crippen LogP contribution in [0.4, 0.5) is 10.5 Å². The van der Waals surface area contributed by atoms with E-state index in [2.05, 4.69) is 33.5 Å². The molecule has 4 amide bonds. The van der Waals surface area contributed by atoms with Gasteiger partial charge in [0.05, 0.1) is 22.8 Å². The zero-order valence-electron chi connectivity index (χ0n) is 28.2. The number of allylic oxidation sites excluding steroid dienone is 1. The molecule has 3 N–H and O–H groups in total. The number of anilines is 1. The molecule has 0 radical (unpaired) electrons. The Morgan fingerprint density at radius 1 is 1.12 bits per heavy atom. The first-order valence-electron chi connectivity index (χ1n) is 16.6. The topological polar surface area (TPSA) is 164 Å². The van der Waals surface area contributed by atoms with Crippen LogP contribution in [0.1, 0.15) is 62.6 Å². The first kappa shape index (κ1) is 36.2. The first-order chi connectivity index (χ1) is 23.3. The smallest absolute Gasteiger partial charge is 0.411 e. The van der Waals surface area contributed by atoms with Crippen molar-refractivity contribution < 1.29 is 32.3 Å². The normalized spacial score (nSPS) is 24.4. The molecule has 14 heteroatoms. The minimum Gasteiger partial charge on any atom is -0.446 e. The molecule has 264 valence electrons. The average molecular weight is 712 g/mol. The standard InChI is InChI=1S/C35H45N5O7S2/c1-6-8-9-10-15-40(5)32(42)28-18-24(47-34(44)37-29-16-21(3)11-14-26(29)31-36-22(4)20-48-31)17-27(28)30(41)38-35(19-23(35)7-2)33(43)39-49(45,46)25-12-13-25/h6-7,11,14,16,20,23-25,27-28H,1-2,8-10,12-13,15,17-19H2,3-5H3,(H,37,44)(H,38,41)(H,39,43). The second-order valence-corrected chi connectivity index (χ2v) is 16.2. The highest BCUT2D eigenvalue weighted by atomic mass is 32.2. The van der Waals surface area contributed by atoms with Gasteiger partial charge >= 0.3 is 6.09 Å². The lowest BCUT2D eigenvalue weighted by atomic mass is 9.93. The number of hydrogen-bond donors (Lipinski definition) is 3. The molecule has 1 aromatic carbocycles. The molecule has 5 unspecified atom stereocenters. The number of carbonyl (C=O) groups is 4. The van der Waals surface area contributed by atoms with E-state index in [1.165, 1.54) is 17.4 Å². The van der Waals surface area contributed by atoms with Crippen LogP contribution in [-0.2, 0) is 29.1 Å². The lowest BCUT2D eigenvalue weighted by Gasteiger charge is -2.26. The fraction of sp³-hybridized carbons (Fsp3) is 0.514. The van der Waals surface area contributed by atoms with Crippen molar-refractivity contribution in [3.63, 3.8) is 0 Å². The molecule has 2 aromatic rings. The van der Waals surface area contributed by atoms with Crippen molar-refractivity contribution in [3.8, 4) is 10.6 Å². The molecule has 0 saturated heterocycles. The zero-order chi connectivity index (χ0) is 35.5. The molecule has 0 bridgehead atoms. The van der Waals surface area contributed by atoms with E-state index in [4.69, 9.17) is 4.74 Å². The summed E-state index contributed by atoms with van der Waals surface area (Å²) in [6.45, 7) is 11.8. The Labute approximate surface area is 291 Å². The Bertz CT molecular complexity index is 1740. The SMILES string of the molecule is C=CCCCCN(C)C(=O)C1CC(OC(=O)Nc2cc(C)ccc2-c2nc(C)cs2)CC1C(=O)NC1(C(=O)NS(=O)(=O)C2CC2)CC1C=C. The number of hydrogen-bond acceptors (Lipinski definition) is 9. The summed E-state index contributed by atoms with van der Waals surface area (Å²) in [5.41, 5.74) is 1.56. The Balaban J connectivity index is 1.32. The molecule has 1 heterocycles. The summed E-state index contributed by atoms with van der Waals surface area (Å²) in [5, 5.41) is 7.67. The number of carbonyl (C=O) groups excluding carboxylic acids is 4. The molecule has 49 heavy (non-hydrogen) atoms. The summed E-state index contributed by atoms with van der Waals surface area (Å²) in [6.07, 6.45) is 5.53. The summed E-state index contributed by atoms with van der Waals surface area (Å²) in [6, 6.07) is 5.64. The number of nitrogens with one attached hydrogen (secondary N) is 3. The van der Waals surface area contributed by atoms with Crippen molar-refractivity contribution in [1.82, 2.24) is 19.9 Å². The number of nitrogens with zero attached hydrogens (tertiary/aromatic N) is 2. The predicted octanol–water partition coefficient (Wildman–Crippen LogP) is 4.85. The highest BCUT2D eigenvalue weighted by Gasteiger charge is 2.62. The van der Waals surface area contributed by atoms with Gasteiger partial charge in [0.2, 0.25) is 21.8 Å². The molecule has 3 aliphatic carbocycles. The van der Waals surface area contributed by atoms with Crippen LogP contribution in [0.15, 0.2) is 48.9 Å². The Morgan fingerprint density at radius 2 is 1.86 bits per heavy atom. The molecule has 0 aliphatic heterocycles. The van der Waals surface area contributed by atoms with Gasteiger partial charge in [-0.1, -0.05) is 18.2 Å². The quantitative estimate of drug-likeness (QED) is 0.174. The van der Waals surface area contributed by atoms with Gasteiger partial charge in [0.15, 0.2) is 0 Å². The van der Waals surface area contributed by atoms with E-state index >= 15 is 0 Å². The van der Waals surface area contributed by atoms with E-state index in [1.807, 2.05) is 43.5 Å². The first-order valence-corrected chi connectivity index (χ1v) is 19.1. The number of ether oxygens (including phenoxy) is 1. The van der Waals surface area contributed by atoms with E-state index in [-0.39, 0.29) is 25.2 Å². The van der Waals surface area contributed by atoms with Gasteiger partial charge < -0.3 is 15.0 Å². The summed E-state index contributed by atoms with van der Waals surface area (Å²) < 4.78 is 33.1. The van der Waals surface area contributed by atoms with Crippen LogP contribution in [0.3, 0.4) is 0 Å². The molecular weight excluding hydrogens is 667 g/mol. The highest BCUT2D eigenvalue weighted by Crippen LogP contribution is 2.46. The predicted molar refractivity (Wildman–Crippen MR) is 188 cm³/mol. The molecule has 5 rings (SSSR count). The van der Waals surface area contributed by atoms with Crippen molar-refractivity contribution in [3.05, 3.63) is 60.1 Å². The molecule has 12 nitrogen and oxygen atoms in total. The molecule has 3 aliphatic rings. The van der Waals surface area contributed by atoms with E-state index in [1.54, 1.807) is 11.9 Å².